The van der Waals surface area contributed by atoms with Gasteiger partial charge in [0.25, 0.3) is 0 Å². The number of aryl methyl sites for hydroxylation is 1. The van der Waals surface area contributed by atoms with E-state index in [9.17, 15) is 4.39 Å². The van der Waals surface area contributed by atoms with E-state index < -0.39 is 0 Å². The Morgan fingerprint density at radius 3 is 2.95 bits per heavy atom. The average Bonchev–Trinajstić information content (AvgIpc) is 2.81. The van der Waals surface area contributed by atoms with Gasteiger partial charge in [-0.2, -0.15) is 0 Å². The third-order valence-corrected chi connectivity index (χ3v) is 3.97. The summed E-state index contributed by atoms with van der Waals surface area (Å²) in [5.74, 6) is 0.590. The highest BCUT2D eigenvalue weighted by Crippen LogP contribution is 2.28. The first-order valence-electron chi connectivity index (χ1n) is 5.95. The maximum absolute atomic E-state index is 13.9. The van der Waals surface area contributed by atoms with Crippen LogP contribution < -0.4 is 0 Å². The van der Waals surface area contributed by atoms with Crippen molar-refractivity contribution in [2.24, 2.45) is 0 Å². The van der Waals surface area contributed by atoms with Crippen LogP contribution in [0, 0.1) is 12.7 Å². The van der Waals surface area contributed by atoms with Gasteiger partial charge in [-0.15, -0.1) is 11.6 Å². The molecule has 1 aromatic carbocycles. The molecule has 0 radical (unpaired) electrons. The van der Waals surface area contributed by atoms with Crippen LogP contribution in [0.2, 0.25) is 0 Å². The fourth-order valence-electron chi connectivity index (χ4n) is 2.22. The van der Waals surface area contributed by atoms with Crippen molar-refractivity contribution in [1.82, 2.24) is 14.5 Å². The Morgan fingerprint density at radius 1 is 1.40 bits per heavy atom. The van der Waals surface area contributed by atoms with E-state index in [-0.39, 0.29) is 11.7 Å². The summed E-state index contributed by atoms with van der Waals surface area (Å²) in [7, 11) is 0. The Morgan fingerprint density at radius 2 is 2.20 bits per heavy atom. The van der Waals surface area contributed by atoms with Crippen molar-refractivity contribution in [3.63, 3.8) is 0 Å². The van der Waals surface area contributed by atoms with Gasteiger partial charge in [0.1, 0.15) is 17.2 Å². The van der Waals surface area contributed by atoms with E-state index in [0.717, 1.165) is 22.3 Å². The fraction of sp³-hybridized carbons (Fsp3) is 0.143. The summed E-state index contributed by atoms with van der Waals surface area (Å²) in [6.07, 6.45) is 3.36. The van der Waals surface area contributed by atoms with Crippen LogP contribution in [0.3, 0.4) is 0 Å². The molecule has 0 N–H and O–H groups in total. The second-order valence-electron chi connectivity index (χ2n) is 4.41. The van der Waals surface area contributed by atoms with E-state index >= 15 is 0 Å². The van der Waals surface area contributed by atoms with Crippen molar-refractivity contribution in [2.45, 2.75) is 12.8 Å². The lowest BCUT2D eigenvalue weighted by atomic mass is 10.2. The third kappa shape index (κ3) is 2.11. The number of fused-ring (bicyclic) bond motifs is 1. The molecule has 6 heteroatoms. The van der Waals surface area contributed by atoms with Crippen LogP contribution in [0.4, 0.5) is 4.39 Å². The lowest BCUT2D eigenvalue weighted by molar-refractivity contribution is 0.619. The first-order valence-corrected chi connectivity index (χ1v) is 7.28. The van der Waals surface area contributed by atoms with E-state index in [1.165, 1.54) is 6.07 Å². The molecule has 0 bridgehead atoms. The van der Waals surface area contributed by atoms with Crippen LogP contribution in [0.1, 0.15) is 11.4 Å². The van der Waals surface area contributed by atoms with Crippen LogP contribution in [0.25, 0.3) is 16.7 Å². The topological polar surface area (TPSA) is 30.7 Å². The average molecular weight is 355 g/mol. The van der Waals surface area contributed by atoms with Crippen molar-refractivity contribution >= 4 is 38.6 Å². The molecule has 0 spiro atoms. The van der Waals surface area contributed by atoms with Crippen LogP contribution in [-0.2, 0) is 5.88 Å². The molecule has 3 nitrogen and oxygen atoms in total. The summed E-state index contributed by atoms with van der Waals surface area (Å²) in [4.78, 5) is 8.48. The minimum Gasteiger partial charge on any atom is -0.295 e. The van der Waals surface area contributed by atoms with Crippen LogP contribution >= 0.6 is 27.5 Å². The lowest BCUT2D eigenvalue weighted by Crippen LogP contribution is -2.02. The smallest absolute Gasteiger partial charge is 0.139 e. The molecule has 0 amide bonds. The zero-order valence-electron chi connectivity index (χ0n) is 10.6. The largest absolute Gasteiger partial charge is 0.295 e. The highest BCUT2D eigenvalue weighted by molar-refractivity contribution is 9.10. The van der Waals surface area contributed by atoms with Crippen molar-refractivity contribution in [3.8, 4) is 5.69 Å². The predicted octanol–water partition coefficient (Wildman–Crippen LogP) is 4.37. The lowest BCUT2D eigenvalue weighted by Gasteiger charge is -2.12. The van der Waals surface area contributed by atoms with Crippen molar-refractivity contribution < 1.29 is 4.39 Å². The van der Waals surface area contributed by atoms with Crippen LogP contribution in [0.5, 0.6) is 0 Å². The number of imidazole rings is 1. The minimum absolute atomic E-state index is 0.242. The van der Waals surface area contributed by atoms with E-state index in [1.807, 2.05) is 17.6 Å². The number of halogens is 3. The number of benzene rings is 1. The fourth-order valence-corrected chi connectivity index (χ4v) is 2.85. The minimum atomic E-state index is -0.318. The van der Waals surface area contributed by atoms with Gasteiger partial charge in [-0.05, 0) is 46.6 Å². The van der Waals surface area contributed by atoms with E-state index in [0.29, 0.717) is 10.3 Å². The zero-order chi connectivity index (χ0) is 14.3. The van der Waals surface area contributed by atoms with Gasteiger partial charge < -0.3 is 0 Å². The Bertz CT molecular complexity index is 800. The van der Waals surface area contributed by atoms with Crippen molar-refractivity contribution in [1.29, 1.82) is 0 Å². The summed E-state index contributed by atoms with van der Waals surface area (Å²) in [5, 5.41) is 0. The molecule has 0 aliphatic carbocycles. The molecule has 2 aromatic heterocycles. The summed E-state index contributed by atoms with van der Waals surface area (Å²) in [5.41, 5.74) is 3.27. The van der Waals surface area contributed by atoms with Gasteiger partial charge >= 0.3 is 0 Å². The zero-order valence-corrected chi connectivity index (χ0v) is 12.9. The molecule has 20 heavy (non-hydrogen) atoms. The van der Waals surface area contributed by atoms with Crippen LogP contribution in [0.15, 0.2) is 35.1 Å². The second kappa shape index (κ2) is 5.14. The molecule has 2 heterocycles. The summed E-state index contributed by atoms with van der Waals surface area (Å²) in [6, 6.07) is 5.07. The normalized spacial score (nSPS) is 11.2. The standard InChI is InChI=1S/C14H10BrClFN3/c1-8-4-9(15)10(17)5-13(8)20-12-2-3-18-7-11(12)19-14(20)6-16/h2-5,7H,6H2,1H3. The van der Waals surface area contributed by atoms with E-state index in [4.69, 9.17) is 11.6 Å². The van der Waals surface area contributed by atoms with Gasteiger partial charge in [-0.1, -0.05) is 0 Å². The van der Waals surface area contributed by atoms with Crippen molar-refractivity contribution in [3.05, 3.63) is 52.3 Å². The third-order valence-electron chi connectivity index (χ3n) is 3.13. The van der Waals surface area contributed by atoms with E-state index in [2.05, 4.69) is 25.9 Å². The molecule has 0 saturated heterocycles. The SMILES string of the molecule is Cc1cc(Br)c(F)cc1-n1c(CCl)nc2cnccc21. The van der Waals surface area contributed by atoms with E-state index in [1.54, 1.807) is 18.5 Å². The maximum Gasteiger partial charge on any atom is 0.139 e. The Hall–Kier alpha value is -1.46. The molecule has 0 fully saturated rings. The Kier molecular flexibility index (Phi) is 3.48. The Labute approximate surface area is 128 Å². The summed E-state index contributed by atoms with van der Waals surface area (Å²) >= 11 is 9.16. The van der Waals surface area contributed by atoms with Gasteiger partial charge in [-0.3, -0.25) is 9.55 Å². The summed E-state index contributed by atoms with van der Waals surface area (Å²) in [6.45, 7) is 1.92. The van der Waals surface area contributed by atoms with Crippen LogP contribution in [-0.4, -0.2) is 14.5 Å². The quantitative estimate of drug-likeness (QED) is 0.640. The molecule has 0 atom stereocenters. The predicted molar refractivity (Wildman–Crippen MR) is 80.8 cm³/mol. The van der Waals surface area contributed by atoms with Gasteiger partial charge in [0.15, 0.2) is 0 Å². The Balaban J connectivity index is 2.36. The second-order valence-corrected chi connectivity index (χ2v) is 5.54. The number of nitrogens with zero attached hydrogens (tertiary/aromatic N) is 3. The monoisotopic (exact) mass is 353 g/mol. The molecule has 3 rings (SSSR count). The molecule has 0 aliphatic rings. The molecule has 0 saturated carbocycles. The molecular weight excluding hydrogens is 345 g/mol. The molecule has 102 valence electrons. The molecule has 0 aliphatic heterocycles. The molecular formula is C14H10BrClFN3. The number of rotatable bonds is 2. The maximum atomic E-state index is 13.9. The number of hydrogen-bond donors (Lipinski definition) is 0. The number of hydrogen-bond acceptors (Lipinski definition) is 2. The van der Waals surface area contributed by atoms with Gasteiger partial charge in [-0.25, -0.2) is 9.37 Å². The van der Waals surface area contributed by atoms with Crippen molar-refractivity contribution in [2.75, 3.05) is 0 Å². The number of pyridine rings is 1. The van der Waals surface area contributed by atoms with Gasteiger partial charge in [0.05, 0.1) is 27.8 Å². The highest BCUT2D eigenvalue weighted by atomic mass is 79.9. The highest BCUT2D eigenvalue weighted by Gasteiger charge is 2.15. The first kappa shape index (κ1) is 13.5. The van der Waals surface area contributed by atoms with Gasteiger partial charge in [0, 0.05) is 6.20 Å². The number of aromatic nitrogens is 3. The number of alkyl halides is 1. The molecule has 0 unspecified atom stereocenters. The van der Waals surface area contributed by atoms with Gasteiger partial charge in [0.2, 0.25) is 0 Å². The molecule has 3 aromatic rings. The first-order chi connectivity index (χ1) is 9.61. The summed E-state index contributed by atoms with van der Waals surface area (Å²) < 4.78 is 16.2.